The zero-order chi connectivity index (χ0) is 14.6. The van der Waals surface area contributed by atoms with Crippen LogP contribution in [0, 0.1) is 0 Å². The first-order valence-electron chi connectivity index (χ1n) is 5.59. The number of aliphatic hydroxyl groups excluding tert-OH is 1. The maximum absolute atomic E-state index is 12.5. The number of anilines is 2. The minimum Gasteiger partial charge on any atom is -0.484 e. The molecule has 0 aromatic carbocycles. The third-order valence-electron chi connectivity index (χ3n) is 2.04. The molecule has 110 valence electrons. The van der Waals surface area contributed by atoms with Crippen LogP contribution in [-0.4, -0.2) is 41.5 Å². The summed E-state index contributed by atoms with van der Waals surface area (Å²) in [7, 11) is 0. The van der Waals surface area contributed by atoms with E-state index in [-0.39, 0.29) is 29.2 Å². The topological polar surface area (TPSA) is 71.6 Å². The van der Waals surface area contributed by atoms with Crippen LogP contribution < -0.4 is 15.4 Å². The number of halogens is 3. The second-order valence-electron chi connectivity index (χ2n) is 4.13. The van der Waals surface area contributed by atoms with Crippen molar-refractivity contribution in [3.05, 3.63) is 0 Å². The van der Waals surface area contributed by atoms with Crippen LogP contribution in [0.15, 0.2) is 0 Å². The number of nitrogens with two attached hydrogens (primary N) is 1. The number of nitrogen functional groups attached to an aromatic ring is 1. The predicted molar refractivity (Wildman–Crippen MR) is 67.6 cm³/mol. The quantitative estimate of drug-likeness (QED) is 0.839. The summed E-state index contributed by atoms with van der Waals surface area (Å²) in [5.41, 5.74) is 5.59. The fourth-order valence-corrected chi connectivity index (χ4v) is 2.20. The Morgan fingerprint density at radius 2 is 2.11 bits per heavy atom. The highest BCUT2D eigenvalue weighted by molar-refractivity contribution is 7.11. The smallest absolute Gasteiger partial charge is 0.405 e. The van der Waals surface area contributed by atoms with E-state index in [0.717, 1.165) is 16.4 Å². The first-order valence-corrected chi connectivity index (χ1v) is 6.36. The predicted octanol–water partition coefficient (Wildman–Crippen LogP) is 1.87. The Morgan fingerprint density at radius 1 is 1.47 bits per heavy atom. The molecule has 0 bridgehead atoms. The maximum atomic E-state index is 12.5. The second-order valence-corrected chi connectivity index (χ2v) is 4.88. The van der Waals surface area contributed by atoms with E-state index >= 15 is 0 Å². The van der Waals surface area contributed by atoms with E-state index in [2.05, 4.69) is 4.37 Å². The number of hydrogen-bond donors (Lipinski definition) is 2. The van der Waals surface area contributed by atoms with Gasteiger partial charge in [-0.1, -0.05) is 0 Å². The van der Waals surface area contributed by atoms with Crippen molar-refractivity contribution in [2.75, 3.05) is 30.3 Å². The van der Waals surface area contributed by atoms with Gasteiger partial charge in [0.15, 0.2) is 16.6 Å². The van der Waals surface area contributed by atoms with Crippen LogP contribution in [0.2, 0.25) is 0 Å². The zero-order valence-electron chi connectivity index (χ0n) is 10.6. The Hall–Kier alpha value is -1.22. The van der Waals surface area contributed by atoms with E-state index in [1.165, 1.54) is 0 Å². The normalized spacial score (nSPS) is 11.9. The maximum Gasteiger partial charge on any atom is 0.405 e. The Morgan fingerprint density at radius 3 is 2.58 bits per heavy atom. The minimum atomic E-state index is -4.39. The zero-order valence-corrected chi connectivity index (χ0v) is 11.4. The Balaban J connectivity index is 3.01. The summed E-state index contributed by atoms with van der Waals surface area (Å²) >= 11 is 0.822. The van der Waals surface area contributed by atoms with Gasteiger partial charge >= 0.3 is 6.18 Å². The van der Waals surface area contributed by atoms with Crippen molar-refractivity contribution in [1.82, 2.24) is 4.37 Å². The average Bonchev–Trinajstić information content (AvgIpc) is 2.57. The molecular weight excluding hydrogens is 283 g/mol. The van der Waals surface area contributed by atoms with Gasteiger partial charge in [0.05, 0.1) is 12.7 Å². The molecule has 0 saturated heterocycles. The van der Waals surface area contributed by atoms with Crippen molar-refractivity contribution in [3.63, 3.8) is 0 Å². The van der Waals surface area contributed by atoms with Crippen LogP contribution in [-0.2, 0) is 0 Å². The third kappa shape index (κ3) is 4.75. The lowest BCUT2D eigenvalue weighted by Crippen LogP contribution is -2.36. The van der Waals surface area contributed by atoms with Gasteiger partial charge in [0.1, 0.15) is 6.54 Å². The van der Waals surface area contributed by atoms with E-state index in [1.54, 1.807) is 13.8 Å². The van der Waals surface area contributed by atoms with Crippen LogP contribution in [0.5, 0.6) is 5.75 Å². The third-order valence-corrected chi connectivity index (χ3v) is 2.94. The van der Waals surface area contributed by atoms with Crippen molar-refractivity contribution in [3.8, 4) is 5.75 Å². The number of alkyl halides is 3. The van der Waals surface area contributed by atoms with E-state index in [4.69, 9.17) is 15.6 Å². The van der Waals surface area contributed by atoms with Gasteiger partial charge in [-0.05, 0) is 25.4 Å². The first-order chi connectivity index (χ1) is 8.74. The van der Waals surface area contributed by atoms with E-state index in [9.17, 15) is 13.2 Å². The fourth-order valence-electron chi connectivity index (χ4n) is 1.42. The number of aromatic nitrogens is 1. The molecule has 0 unspecified atom stereocenters. The molecule has 0 fully saturated rings. The molecule has 0 saturated carbocycles. The summed E-state index contributed by atoms with van der Waals surface area (Å²) in [6, 6.07) is 0. The highest BCUT2D eigenvalue weighted by Gasteiger charge is 2.33. The SMILES string of the molecule is CC(C)Oc1c(N)nsc1N(CCO)CC(F)(F)F. The average molecular weight is 299 g/mol. The molecule has 19 heavy (non-hydrogen) atoms. The Bertz CT molecular complexity index is 409. The Kier molecular flexibility index (Phi) is 5.24. The molecule has 0 amide bonds. The van der Waals surface area contributed by atoms with Crippen molar-refractivity contribution >= 4 is 22.4 Å². The summed E-state index contributed by atoms with van der Waals surface area (Å²) in [6.45, 7) is 1.70. The molecule has 0 aliphatic carbocycles. The van der Waals surface area contributed by atoms with Gasteiger partial charge in [-0.25, -0.2) is 0 Å². The molecular formula is C10H16F3N3O2S. The number of rotatable bonds is 6. The van der Waals surface area contributed by atoms with Crippen LogP contribution >= 0.6 is 11.5 Å². The molecule has 0 aliphatic heterocycles. The number of aliphatic hydroxyl groups is 1. The molecule has 5 nitrogen and oxygen atoms in total. The lowest BCUT2D eigenvalue weighted by atomic mass is 10.4. The summed E-state index contributed by atoms with van der Waals surface area (Å²) in [4.78, 5) is 0.964. The molecule has 0 atom stereocenters. The van der Waals surface area contributed by atoms with Gasteiger partial charge in [0.25, 0.3) is 0 Å². The lowest BCUT2D eigenvalue weighted by Gasteiger charge is -2.24. The summed E-state index contributed by atoms with van der Waals surface area (Å²) in [5.74, 6) is 0.191. The van der Waals surface area contributed by atoms with Crippen molar-refractivity contribution in [2.45, 2.75) is 26.1 Å². The molecule has 1 heterocycles. The fraction of sp³-hybridized carbons (Fsp3) is 0.700. The molecule has 0 aliphatic rings. The molecule has 0 radical (unpaired) electrons. The van der Waals surface area contributed by atoms with Crippen molar-refractivity contribution in [2.24, 2.45) is 0 Å². The van der Waals surface area contributed by atoms with E-state index in [0.29, 0.717) is 0 Å². The highest BCUT2D eigenvalue weighted by Crippen LogP contribution is 2.39. The molecule has 1 rings (SSSR count). The van der Waals surface area contributed by atoms with Gasteiger partial charge in [0.2, 0.25) is 0 Å². The highest BCUT2D eigenvalue weighted by atomic mass is 32.1. The van der Waals surface area contributed by atoms with Crippen LogP contribution in [0.4, 0.5) is 24.0 Å². The number of nitrogens with zero attached hydrogens (tertiary/aromatic N) is 2. The van der Waals surface area contributed by atoms with Gasteiger partial charge < -0.3 is 20.5 Å². The number of ether oxygens (including phenoxy) is 1. The molecule has 9 heteroatoms. The summed E-state index contributed by atoms with van der Waals surface area (Å²) in [5, 5.41) is 9.06. The van der Waals surface area contributed by atoms with Crippen LogP contribution in [0.25, 0.3) is 0 Å². The standard InChI is InChI=1S/C10H16F3N3O2S/c1-6(2)18-7-8(14)15-19-9(7)16(3-4-17)5-10(11,12)13/h6,17H,3-5H2,1-2H3,(H2,14,15). The lowest BCUT2D eigenvalue weighted by molar-refractivity contribution is -0.119. The van der Waals surface area contributed by atoms with Crippen LogP contribution in [0.3, 0.4) is 0 Å². The van der Waals surface area contributed by atoms with Gasteiger partial charge in [-0.3, -0.25) is 0 Å². The van der Waals surface area contributed by atoms with Gasteiger partial charge in [-0.15, -0.1) is 0 Å². The second kappa shape index (κ2) is 6.29. The largest absolute Gasteiger partial charge is 0.484 e. The molecule has 0 spiro atoms. The van der Waals surface area contributed by atoms with Gasteiger partial charge in [0, 0.05) is 6.54 Å². The summed E-state index contributed by atoms with van der Waals surface area (Å²) in [6.07, 6.45) is -4.62. The van der Waals surface area contributed by atoms with Crippen molar-refractivity contribution < 1.29 is 23.0 Å². The van der Waals surface area contributed by atoms with Crippen LogP contribution in [0.1, 0.15) is 13.8 Å². The monoisotopic (exact) mass is 299 g/mol. The van der Waals surface area contributed by atoms with E-state index < -0.39 is 19.3 Å². The van der Waals surface area contributed by atoms with E-state index in [1.807, 2.05) is 0 Å². The number of hydrogen-bond acceptors (Lipinski definition) is 6. The van der Waals surface area contributed by atoms with Gasteiger partial charge in [-0.2, -0.15) is 17.5 Å². The molecule has 1 aromatic rings. The van der Waals surface area contributed by atoms with Crippen molar-refractivity contribution in [1.29, 1.82) is 0 Å². The summed E-state index contributed by atoms with van der Waals surface area (Å²) < 4.78 is 46.7. The Labute approximate surface area is 112 Å². The first kappa shape index (κ1) is 15.8. The molecule has 1 aromatic heterocycles. The minimum absolute atomic E-state index is 0.0545. The molecule has 3 N–H and O–H groups in total.